The summed E-state index contributed by atoms with van der Waals surface area (Å²) in [6.45, 7) is 2.02. The number of halogens is 1. The van der Waals surface area contributed by atoms with Gasteiger partial charge in [-0.1, -0.05) is 0 Å². The van der Waals surface area contributed by atoms with Gasteiger partial charge in [0.05, 0.1) is 6.04 Å². The van der Waals surface area contributed by atoms with Gasteiger partial charge in [-0.3, -0.25) is 4.98 Å². The molecule has 3 N–H and O–H groups in total. The lowest BCUT2D eigenvalue weighted by Crippen LogP contribution is -2.10. The summed E-state index contributed by atoms with van der Waals surface area (Å²) < 4.78 is 0.662. The quantitative estimate of drug-likeness (QED) is 0.850. The van der Waals surface area contributed by atoms with Gasteiger partial charge in [-0.05, 0) is 40.5 Å². The Morgan fingerprint density at radius 1 is 1.29 bits per heavy atom. The lowest BCUT2D eigenvalue weighted by Gasteiger charge is -2.14. The van der Waals surface area contributed by atoms with Crippen molar-refractivity contribution < 1.29 is 0 Å². The van der Waals surface area contributed by atoms with Gasteiger partial charge in [-0.25, -0.2) is 4.98 Å². The molecule has 0 aromatic carbocycles. The summed E-state index contributed by atoms with van der Waals surface area (Å²) in [4.78, 5) is 12.3. The molecule has 0 amide bonds. The van der Waals surface area contributed by atoms with Crippen molar-refractivity contribution in [1.82, 2.24) is 15.0 Å². The highest BCUT2D eigenvalue weighted by atomic mass is 79.9. The Balaban J connectivity index is 2.16. The lowest BCUT2D eigenvalue weighted by atomic mass is 10.1. The molecule has 0 fully saturated rings. The molecular weight excluding hydrogens is 282 g/mol. The van der Waals surface area contributed by atoms with E-state index in [0.717, 1.165) is 5.56 Å². The van der Waals surface area contributed by atoms with Gasteiger partial charge in [-0.15, -0.1) is 0 Å². The Hall–Kier alpha value is -1.69. The van der Waals surface area contributed by atoms with Crippen LogP contribution in [0.2, 0.25) is 0 Å². The Morgan fingerprint density at radius 3 is 2.65 bits per heavy atom. The molecule has 2 rings (SSSR count). The fourth-order valence-corrected chi connectivity index (χ4v) is 1.83. The van der Waals surface area contributed by atoms with Crippen molar-refractivity contribution in [2.75, 3.05) is 11.1 Å². The highest BCUT2D eigenvalue weighted by Crippen LogP contribution is 2.18. The zero-order valence-electron chi connectivity index (χ0n) is 9.26. The lowest BCUT2D eigenvalue weighted by molar-refractivity contribution is 0.856. The van der Waals surface area contributed by atoms with E-state index in [-0.39, 0.29) is 6.04 Å². The highest BCUT2D eigenvalue weighted by Gasteiger charge is 2.07. The zero-order valence-corrected chi connectivity index (χ0v) is 10.8. The van der Waals surface area contributed by atoms with Crippen LogP contribution in [-0.2, 0) is 0 Å². The number of nitrogens with zero attached hydrogens (tertiary/aromatic N) is 3. The van der Waals surface area contributed by atoms with E-state index in [1.165, 1.54) is 0 Å². The average molecular weight is 294 g/mol. The number of hydrogen-bond acceptors (Lipinski definition) is 5. The summed E-state index contributed by atoms with van der Waals surface area (Å²) in [6, 6.07) is 5.63. The van der Waals surface area contributed by atoms with E-state index in [1.807, 2.05) is 19.1 Å². The normalized spacial score (nSPS) is 12.1. The molecule has 5 nitrogen and oxygen atoms in total. The minimum Gasteiger partial charge on any atom is -0.383 e. The molecule has 0 bridgehead atoms. The second kappa shape index (κ2) is 5.09. The van der Waals surface area contributed by atoms with E-state index in [0.29, 0.717) is 16.4 Å². The van der Waals surface area contributed by atoms with Gasteiger partial charge in [0.2, 0.25) is 5.95 Å². The molecule has 1 atom stereocenters. The first-order valence-electron chi connectivity index (χ1n) is 5.11. The summed E-state index contributed by atoms with van der Waals surface area (Å²) in [7, 11) is 0. The minimum absolute atomic E-state index is 0.0895. The van der Waals surface area contributed by atoms with E-state index in [9.17, 15) is 0 Å². The Labute approximate surface area is 108 Å². The molecule has 0 saturated heterocycles. The number of hydrogen-bond donors (Lipinski definition) is 2. The molecule has 2 aromatic heterocycles. The second-order valence-corrected chi connectivity index (χ2v) is 4.40. The number of rotatable bonds is 3. The SMILES string of the molecule is CC(Nc1nc(N)cc(Br)n1)c1ccncc1. The van der Waals surface area contributed by atoms with Crippen LogP contribution in [0.1, 0.15) is 18.5 Å². The first kappa shape index (κ1) is 11.8. The van der Waals surface area contributed by atoms with Gasteiger partial charge in [0, 0.05) is 18.5 Å². The third kappa shape index (κ3) is 3.13. The van der Waals surface area contributed by atoms with Gasteiger partial charge in [0.25, 0.3) is 0 Å². The summed E-state index contributed by atoms with van der Waals surface area (Å²) in [5.74, 6) is 0.928. The van der Waals surface area contributed by atoms with Crippen molar-refractivity contribution in [3.8, 4) is 0 Å². The molecule has 0 saturated carbocycles. The maximum Gasteiger partial charge on any atom is 0.226 e. The van der Waals surface area contributed by atoms with E-state index in [1.54, 1.807) is 18.5 Å². The number of anilines is 2. The van der Waals surface area contributed by atoms with Crippen LogP contribution in [0.5, 0.6) is 0 Å². The van der Waals surface area contributed by atoms with Crippen molar-refractivity contribution in [3.63, 3.8) is 0 Å². The number of pyridine rings is 1. The van der Waals surface area contributed by atoms with Gasteiger partial charge < -0.3 is 11.1 Å². The van der Waals surface area contributed by atoms with Crippen LogP contribution >= 0.6 is 15.9 Å². The molecule has 88 valence electrons. The maximum absolute atomic E-state index is 5.64. The molecule has 6 heteroatoms. The van der Waals surface area contributed by atoms with Crippen LogP contribution in [0.15, 0.2) is 35.2 Å². The van der Waals surface area contributed by atoms with Crippen LogP contribution in [0.4, 0.5) is 11.8 Å². The standard InChI is InChI=1S/C11H12BrN5/c1-7(8-2-4-14-5-3-8)15-11-16-9(12)6-10(13)17-11/h2-7H,1H3,(H3,13,15,16,17). The first-order valence-corrected chi connectivity index (χ1v) is 5.91. The van der Waals surface area contributed by atoms with Gasteiger partial charge in [-0.2, -0.15) is 4.98 Å². The molecule has 0 radical (unpaired) electrons. The van der Waals surface area contributed by atoms with Crippen LogP contribution in [0.3, 0.4) is 0 Å². The largest absolute Gasteiger partial charge is 0.383 e. The second-order valence-electron chi connectivity index (χ2n) is 3.59. The molecule has 0 aliphatic rings. The monoisotopic (exact) mass is 293 g/mol. The molecule has 0 aliphatic carbocycles. The van der Waals surface area contributed by atoms with Crippen molar-refractivity contribution in [2.45, 2.75) is 13.0 Å². The van der Waals surface area contributed by atoms with Crippen molar-refractivity contribution in [3.05, 3.63) is 40.8 Å². The summed E-state index contributed by atoms with van der Waals surface area (Å²) in [6.07, 6.45) is 3.51. The van der Waals surface area contributed by atoms with E-state index in [4.69, 9.17) is 5.73 Å². The van der Waals surface area contributed by atoms with Gasteiger partial charge in [0.1, 0.15) is 10.4 Å². The molecule has 2 heterocycles. The van der Waals surface area contributed by atoms with E-state index < -0.39 is 0 Å². The molecule has 17 heavy (non-hydrogen) atoms. The van der Waals surface area contributed by atoms with Crippen LogP contribution in [0, 0.1) is 0 Å². The average Bonchev–Trinajstić information content (AvgIpc) is 2.28. The zero-order chi connectivity index (χ0) is 12.3. The number of nitrogens with one attached hydrogen (secondary N) is 1. The molecular formula is C11H12BrN5. The van der Waals surface area contributed by atoms with Crippen molar-refractivity contribution in [1.29, 1.82) is 0 Å². The third-order valence-electron chi connectivity index (χ3n) is 2.27. The highest BCUT2D eigenvalue weighted by molar-refractivity contribution is 9.10. The third-order valence-corrected chi connectivity index (χ3v) is 2.67. The predicted octanol–water partition coefficient (Wildman–Crippen LogP) is 2.39. The van der Waals surface area contributed by atoms with E-state index in [2.05, 4.69) is 36.2 Å². The van der Waals surface area contributed by atoms with Crippen LogP contribution < -0.4 is 11.1 Å². The summed E-state index contributed by atoms with van der Waals surface area (Å²) in [5.41, 5.74) is 6.76. The van der Waals surface area contributed by atoms with Crippen LogP contribution in [-0.4, -0.2) is 15.0 Å². The fraction of sp³-hybridized carbons (Fsp3) is 0.182. The number of nitrogens with two attached hydrogens (primary N) is 1. The van der Waals surface area contributed by atoms with Gasteiger partial charge >= 0.3 is 0 Å². The first-order chi connectivity index (χ1) is 8.15. The predicted molar refractivity (Wildman–Crippen MR) is 70.4 cm³/mol. The smallest absolute Gasteiger partial charge is 0.226 e. The Bertz CT molecular complexity index is 482. The minimum atomic E-state index is 0.0895. The maximum atomic E-state index is 5.64. The Kier molecular flexibility index (Phi) is 3.53. The summed E-state index contributed by atoms with van der Waals surface area (Å²) >= 11 is 3.28. The van der Waals surface area contributed by atoms with Gasteiger partial charge in [0.15, 0.2) is 0 Å². The fourth-order valence-electron chi connectivity index (χ4n) is 1.43. The molecule has 1 unspecified atom stereocenters. The van der Waals surface area contributed by atoms with Crippen molar-refractivity contribution >= 4 is 27.7 Å². The number of aromatic nitrogens is 3. The molecule has 0 aliphatic heterocycles. The van der Waals surface area contributed by atoms with E-state index >= 15 is 0 Å². The summed E-state index contributed by atoms with van der Waals surface area (Å²) in [5, 5.41) is 3.18. The van der Waals surface area contributed by atoms with Crippen LogP contribution in [0.25, 0.3) is 0 Å². The van der Waals surface area contributed by atoms with Crippen molar-refractivity contribution in [2.24, 2.45) is 0 Å². The molecule has 0 spiro atoms. The number of nitrogen functional groups attached to an aromatic ring is 1. The molecule has 2 aromatic rings. The Morgan fingerprint density at radius 2 is 2.00 bits per heavy atom. The topological polar surface area (TPSA) is 76.7 Å².